The predicted molar refractivity (Wildman–Crippen MR) is 106 cm³/mol. The standard InChI is InChI=1S/C21H19N3O4/c1-27-19-10-6-5-9-18(19)23-15-11-14(12-22-13-15)20(25)24-17-8-4-3-7-16(17)21(26)28-2/h3-13,23H,1-2H3,(H,24,25). The zero-order valence-corrected chi connectivity index (χ0v) is 15.4. The molecular weight excluding hydrogens is 358 g/mol. The minimum absolute atomic E-state index is 0.273. The summed E-state index contributed by atoms with van der Waals surface area (Å²) in [5, 5.41) is 5.90. The second-order valence-corrected chi connectivity index (χ2v) is 5.78. The van der Waals surface area contributed by atoms with Gasteiger partial charge in [0.2, 0.25) is 0 Å². The van der Waals surface area contributed by atoms with E-state index in [0.29, 0.717) is 22.7 Å². The third kappa shape index (κ3) is 4.27. The Kier molecular flexibility index (Phi) is 5.86. The number of benzene rings is 2. The maximum absolute atomic E-state index is 12.6. The highest BCUT2D eigenvalue weighted by atomic mass is 16.5. The molecule has 2 aromatic carbocycles. The van der Waals surface area contributed by atoms with Crippen LogP contribution in [0.1, 0.15) is 20.7 Å². The SMILES string of the molecule is COC(=O)c1ccccc1NC(=O)c1cncc(Nc2ccccc2OC)c1. The van der Waals surface area contributed by atoms with E-state index in [1.54, 1.807) is 43.6 Å². The van der Waals surface area contributed by atoms with E-state index in [4.69, 9.17) is 9.47 Å². The molecule has 0 saturated carbocycles. The molecule has 0 aliphatic heterocycles. The normalized spacial score (nSPS) is 10.1. The highest BCUT2D eigenvalue weighted by Crippen LogP contribution is 2.27. The molecule has 7 heteroatoms. The smallest absolute Gasteiger partial charge is 0.339 e. The molecule has 0 spiro atoms. The van der Waals surface area contributed by atoms with Crippen LogP contribution in [0.2, 0.25) is 0 Å². The Morgan fingerprint density at radius 3 is 2.39 bits per heavy atom. The number of amides is 1. The Balaban J connectivity index is 1.81. The molecule has 0 fully saturated rings. The summed E-state index contributed by atoms with van der Waals surface area (Å²) in [5.74, 6) is -0.252. The lowest BCUT2D eigenvalue weighted by atomic mass is 10.1. The molecule has 0 radical (unpaired) electrons. The van der Waals surface area contributed by atoms with Crippen molar-refractivity contribution < 1.29 is 19.1 Å². The molecule has 3 aromatic rings. The van der Waals surface area contributed by atoms with E-state index in [0.717, 1.165) is 5.69 Å². The largest absolute Gasteiger partial charge is 0.495 e. The predicted octanol–water partition coefficient (Wildman–Crippen LogP) is 3.87. The van der Waals surface area contributed by atoms with Crippen molar-refractivity contribution in [3.8, 4) is 5.75 Å². The third-order valence-electron chi connectivity index (χ3n) is 3.97. The Morgan fingerprint density at radius 1 is 0.929 bits per heavy atom. The van der Waals surface area contributed by atoms with Crippen LogP contribution in [-0.2, 0) is 4.74 Å². The lowest BCUT2D eigenvalue weighted by Crippen LogP contribution is -2.15. The number of nitrogens with one attached hydrogen (secondary N) is 2. The number of hydrogen-bond acceptors (Lipinski definition) is 6. The number of carbonyl (C=O) groups is 2. The molecule has 3 rings (SSSR count). The van der Waals surface area contributed by atoms with Crippen LogP contribution >= 0.6 is 0 Å². The van der Waals surface area contributed by atoms with Crippen molar-refractivity contribution in [3.63, 3.8) is 0 Å². The van der Waals surface area contributed by atoms with Gasteiger partial charge >= 0.3 is 5.97 Å². The molecule has 0 aliphatic carbocycles. The number of aromatic nitrogens is 1. The van der Waals surface area contributed by atoms with Gasteiger partial charge in [-0.25, -0.2) is 4.79 Å². The van der Waals surface area contributed by atoms with Crippen molar-refractivity contribution in [1.82, 2.24) is 4.98 Å². The fraction of sp³-hybridized carbons (Fsp3) is 0.0952. The van der Waals surface area contributed by atoms with E-state index >= 15 is 0 Å². The minimum Gasteiger partial charge on any atom is -0.495 e. The van der Waals surface area contributed by atoms with E-state index in [-0.39, 0.29) is 5.56 Å². The molecule has 2 N–H and O–H groups in total. The first-order valence-electron chi connectivity index (χ1n) is 8.46. The molecule has 28 heavy (non-hydrogen) atoms. The quantitative estimate of drug-likeness (QED) is 0.634. The van der Waals surface area contributed by atoms with Crippen LogP contribution in [0.25, 0.3) is 0 Å². The number of hydrogen-bond donors (Lipinski definition) is 2. The zero-order valence-electron chi connectivity index (χ0n) is 15.4. The molecule has 1 heterocycles. The second kappa shape index (κ2) is 8.68. The monoisotopic (exact) mass is 377 g/mol. The van der Waals surface area contributed by atoms with Crippen molar-refractivity contribution in [2.75, 3.05) is 24.9 Å². The summed E-state index contributed by atoms with van der Waals surface area (Å²) in [7, 11) is 2.87. The Morgan fingerprint density at radius 2 is 1.64 bits per heavy atom. The Hall–Kier alpha value is -3.87. The molecular formula is C21H19N3O4. The lowest BCUT2D eigenvalue weighted by molar-refractivity contribution is 0.0602. The molecule has 0 aliphatic rings. The number of rotatable bonds is 6. The second-order valence-electron chi connectivity index (χ2n) is 5.78. The van der Waals surface area contributed by atoms with Crippen molar-refractivity contribution in [2.45, 2.75) is 0 Å². The highest BCUT2D eigenvalue weighted by Gasteiger charge is 2.15. The van der Waals surface area contributed by atoms with Gasteiger partial charge in [0.25, 0.3) is 5.91 Å². The lowest BCUT2D eigenvalue weighted by Gasteiger charge is -2.12. The van der Waals surface area contributed by atoms with Gasteiger partial charge in [-0.2, -0.15) is 0 Å². The number of para-hydroxylation sites is 3. The molecule has 1 amide bonds. The van der Waals surface area contributed by atoms with Crippen LogP contribution in [-0.4, -0.2) is 31.1 Å². The van der Waals surface area contributed by atoms with Crippen LogP contribution in [0, 0.1) is 0 Å². The van der Waals surface area contributed by atoms with Gasteiger partial charge in [-0.1, -0.05) is 24.3 Å². The first-order chi connectivity index (χ1) is 13.6. The summed E-state index contributed by atoms with van der Waals surface area (Å²) in [4.78, 5) is 28.6. The number of methoxy groups -OCH3 is 2. The van der Waals surface area contributed by atoms with Crippen LogP contribution in [0.15, 0.2) is 67.0 Å². The topological polar surface area (TPSA) is 89.5 Å². The van der Waals surface area contributed by atoms with Gasteiger partial charge in [0, 0.05) is 6.20 Å². The molecule has 0 bridgehead atoms. The number of anilines is 3. The van der Waals surface area contributed by atoms with E-state index in [9.17, 15) is 9.59 Å². The average Bonchev–Trinajstić information content (AvgIpc) is 2.74. The van der Waals surface area contributed by atoms with E-state index in [1.165, 1.54) is 13.3 Å². The van der Waals surface area contributed by atoms with Gasteiger partial charge < -0.3 is 20.1 Å². The van der Waals surface area contributed by atoms with Crippen molar-refractivity contribution in [2.24, 2.45) is 0 Å². The van der Waals surface area contributed by atoms with Gasteiger partial charge in [-0.15, -0.1) is 0 Å². The maximum Gasteiger partial charge on any atom is 0.339 e. The van der Waals surface area contributed by atoms with Gasteiger partial charge in [0.15, 0.2) is 0 Å². The molecule has 142 valence electrons. The van der Waals surface area contributed by atoms with Gasteiger partial charge in [0.05, 0.1) is 48.6 Å². The summed E-state index contributed by atoms with van der Waals surface area (Å²) in [6.45, 7) is 0. The summed E-state index contributed by atoms with van der Waals surface area (Å²) in [6, 6.07) is 15.7. The number of pyridine rings is 1. The average molecular weight is 377 g/mol. The van der Waals surface area contributed by atoms with Crippen molar-refractivity contribution >= 4 is 28.9 Å². The zero-order chi connectivity index (χ0) is 19.9. The van der Waals surface area contributed by atoms with E-state index in [2.05, 4.69) is 15.6 Å². The Bertz CT molecular complexity index is 1000. The first-order valence-corrected chi connectivity index (χ1v) is 8.46. The number of nitrogens with zero attached hydrogens (tertiary/aromatic N) is 1. The minimum atomic E-state index is -0.527. The van der Waals surface area contributed by atoms with Crippen molar-refractivity contribution in [3.05, 3.63) is 78.1 Å². The summed E-state index contributed by atoms with van der Waals surface area (Å²) in [6.07, 6.45) is 3.05. The number of esters is 1. The van der Waals surface area contributed by atoms with Crippen LogP contribution in [0.3, 0.4) is 0 Å². The van der Waals surface area contributed by atoms with Crippen LogP contribution in [0.4, 0.5) is 17.1 Å². The summed E-state index contributed by atoms with van der Waals surface area (Å²) >= 11 is 0. The number of ether oxygens (including phenoxy) is 2. The van der Waals surface area contributed by atoms with E-state index < -0.39 is 11.9 Å². The molecule has 1 aromatic heterocycles. The summed E-state index contributed by atoms with van der Waals surface area (Å²) in [5.41, 5.74) is 2.34. The molecule has 0 unspecified atom stereocenters. The van der Waals surface area contributed by atoms with Gasteiger partial charge in [-0.05, 0) is 30.3 Å². The highest BCUT2D eigenvalue weighted by molar-refractivity contribution is 6.08. The Labute approximate surface area is 162 Å². The van der Waals surface area contributed by atoms with Gasteiger partial charge in [-0.3, -0.25) is 9.78 Å². The van der Waals surface area contributed by atoms with Crippen LogP contribution < -0.4 is 15.4 Å². The van der Waals surface area contributed by atoms with E-state index in [1.807, 2.05) is 24.3 Å². The molecule has 0 saturated heterocycles. The third-order valence-corrected chi connectivity index (χ3v) is 3.97. The van der Waals surface area contributed by atoms with Gasteiger partial charge in [0.1, 0.15) is 5.75 Å². The molecule has 0 atom stereocenters. The fourth-order valence-electron chi connectivity index (χ4n) is 2.61. The van der Waals surface area contributed by atoms with Crippen molar-refractivity contribution in [1.29, 1.82) is 0 Å². The number of carbonyl (C=O) groups excluding carboxylic acids is 2. The molecule has 7 nitrogen and oxygen atoms in total. The fourth-order valence-corrected chi connectivity index (χ4v) is 2.61. The first kappa shape index (κ1) is 18.9. The maximum atomic E-state index is 12.6. The van der Waals surface area contributed by atoms with Crippen LogP contribution in [0.5, 0.6) is 5.75 Å². The summed E-state index contributed by atoms with van der Waals surface area (Å²) < 4.78 is 10.1.